The summed E-state index contributed by atoms with van der Waals surface area (Å²) < 4.78 is 16.4. The third kappa shape index (κ3) is 5.09. The van der Waals surface area contributed by atoms with Crippen LogP contribution in [0.15, 0.2) is 0 Å². The summed E-state index contributed by atoms with van der Waals surface area (Å²) >= 11 is 0. The molecule has 2 atom stereocenters. The Bertz CT molecular complexity index is 668. The molecule has 4 aliphatic rings. The fraction of sp³-hybridized carbons (Fsp3) is 0.880. The van der Waals surface area contributed by atoms with Crippen molar-refractivity contribution in [1.82, 2.24) is 0 Å². The van der Waals surface area contributed by atoms with E-state index in [2.05, 4.69) is 11.7 Å². The van der Waals surface area contributed by atoms with E-state index in [0.717, 1.165) is 11.8 Å². The summed E-state index contributed by atoms with van der Waals surface area (Å²) in [4.78, 5) is 37.4. The maximum absolute atomic E-state index is 13.2. The van der Waals surface area contributed by atoms with E-state index < -0.39 is 23.5 Å². The third-order valence-corrected chi connectivity index (χ3v) is 8.21. The van der Waals surface area contributed by atoms with E-state index in [1.807, 2.05) is 6.92 Å². The smallest absolute Gasteiger partial charge is 0.311 e. The molecular weight excluding hydrogens is 396 g/mol. The predicted octanol–water partition coefficient (Wildman–Crippen LogP) is 4.68. The van der Waals surface area contributed by atoms with Crippen molar-refractivity contribution in [2.45, 2.75) is 97.7 Å². The van der Waals surface area contributed by atoms with Crippen LogP contribution in [0, 0.1) is 35.0 Å². The minimum Gasteiger partial charge on any atom is -0.469 e. The molecule has 31 heavy (non-hydrogen) atoms. The molecular formula is C25H40O6. The number of carbonyl (C=O) groups excluding carboxylic acids is 3. The van der Waals surface area contributed by atoms with Gasteiger partial charge >= 0.3 is 17.9 Å². The number of rotatable bonds is 9. The first-order chi connectivity index (χ1) is 14.5. The quantitative estimate of drug-likeness (QED) is 0.386. The lowest BCUT2D eigenvalue weighted by molar-refractivity contribution is -0.208. The van der Waals surface area contributed by atoms with E-state index >= 15 is 0 Å². The molecule has 4 saturated carbocycles. The Morgan fingerprint density at radius 3 is 2.06 bits per heavy atom. The van der Waals surface area contributed by atoms with Gasteiger partial charge in [-0.05, 0) is 96.3 Å². The van der Waals surface area contributed by atoms with Gasteiger partial charge in [0.1, 0.15) is 11.7 Å². The van der Waals surface area contributed by atoms with Crippen molar-refractivity contribution in [3.05, 3.63) is 0 Å². The molecule has 0 spiro atoms. The molecule has 0 aromatic carbocycles. The van der Waals surface area contributed by atoms with Gasteiger partial charge in [0.15, 0.2) is 0 Å². The van der Waals surface area contributed by atoms with Crippen LogP contribution in [-0.4, -0.2) is 36.7 Å². The third-order valence-electron chi connectivity index (χ3n) is 8.21. The van der Waals surface area contributed by atoms with Crippen molar-refractivity contribution in [3.63, 3.8) is 0 Å². The zero-order chi connectivity index (χ0) is 23.0. The highest BCUT2D eigenvalue weighted by Gasteiger charge is 2.57. The number of methoxy groups -OCH3 is 1. The van der Waals surface area contributed by atoms with Gasteiger partial charge in [-0.2, -0.15) is 0 Å². The fourth-order valence-corrected chi connectivity index (χ4v) is 6.38. The van der Waals surface area contributed by atoms with Gasteiger partial charge in [0.2, 0.25) is 0 Å². The highest BCUT2D eigenvalue weighted by molar-refractivity contribution is 5.79. The van der Waals surface area contributed by atoms with Crippen LogP contribution >= 0.6 is 0 Å². The second kappa shape index (κ2) is 9.11. The molecule has 0 heterocycles. The van der Waals surface area contributed by atoms with Gasteiger partial charge in [0, 0.05) is 0 Å². The minimum absolute atomic E-state index is 0.0146. The molecule has 2 unspecified atom stereocenters. The van der Waals surface area contributed by atoms with Crippen molar-refractivity contribution in [1.29, 1.82) is 0 Å². The summed E-state index contributed by atoms with van der Waals surface area (Å²) in [5, 5.41) is 0. The Balaban J connectivity index is 1.60. The van der Waals surface area contributed by atoms with Crippen LogP contribution in [0.1, 0.15) is 86.0 Å². The van der Waals surface area contributed by atoms with Crippen molar-refractivity contribution in [2.24, 2.45) is 35.0 Å². The molecule has 0 radical (unpaired) electrons. The fourth-order valence-electron chi connectivity index (χ4n) is 6.38. The van der Waals surface area contributed by atoms with Gasteiger partial charge in [0.25, 0.3) is 0 Å². The number of hydrogen-bond acceptors (Lipinski definition) is 6. The number of ether oxygens (including phenoxy) is 3. The van der Waals surface area contributed by atoms with Crippen molar-refractivity contribution >= 4 is 17.9 Å². The summed E-state index contributed by atoms with van der Waals surface area (Å²) in [6.45, 7) is 9.37. The molecule has 176 valence electrons. The Kier molecular flexibility index (Phi) is 7.07. The average molecular weight is 437 g/mol. The molecule has 4 fully saturated rings. The number of esters is 3. The van der Waals surface area contributed by atoms with Gasteiger partial charge in [0.05, 0.1) is 24.9 Å². The SMILES string of the molecule is CCC(CC(C)(C)C(=O)OC(C)CC(=O)OC)C(=O)OC1(C)C2CC3CC(C2)CC1C3. The van der Waals surface area contributed by atoms with Crippen LogP contribution in [0.2, 0.25) is 0 Å². The predicted molar refractivity (Wildman–Crippen MR) is 116 cm³/mol. The van der Waals surface area contributed by atoms with E-state index in [1.54, 1.807) is 20.8 Å². The summed E-state index contributed by atoms with van der Waals surface area (Å²) in [7, 11) is 1.31. The molecule has 4 aliphatic carbocycles. The van der Waals surface area contributed by atoms with E-state index in [-0.39, 0.29) is 23.9 Å². The highest BCUT2D eigenvalue weighted by Crippen LogP contribution is 2.59. The van der Waals surface area contributed by atoms with Gasteiger partial charge < -0.3 is 14.2 Å². The first-order valence-corrected chi connectivity index (χ1v) is 12.0. The Morgan fingerprint density at radius 1 is 1.03 bits per heavy atom. The van der Waals surface area contributed by atoms with Crippen molar-refractivity contribution in [3.8, 4) is 0 Å². The van der Waals surface area contributed by atoms with Gasteiger partial charge in [-0.1, -0.05) is 6.92 Å². The van der Waals surface area contributed by atoms with Gasteiger partial charge in [-0.3, -0.25) is 14.4 Å². The molecule has 0 aromatic heterocycles. The normalized spacial score (nSPS) is 33.5. The second-order valence-corrected chi connectivity index (χ2v) is 11.1. The van der Waals surface area contributed by atoms with E-state index in [1.165, 1.54) is 39.2 Å². The van der Waals surface area contributed by atoms with Crippen LogP contribution in [0.25, 0.3) is 0 Å². The Labute approximate surface area is 186 Å². The van der Waals surface area contributed by atoms with Crippen LogP contribution < -0.4 is 0 Å². The standard InChI is InChI=1S/C25H40O6/c1-7-18(14-24(3,4)23(28)30-15(2)8-21(26)29-6)22(27)31-25(5)19-10-16-9-17(12-19)13-20(25)11-16/h15-20H,7-14H2,1-6H3. The van der Waals surface area contributed by atoms with Crippen molar-refractivity contribution in [2.75, 3.05) is 7.11 Å². The number of hydrogen-bond donors (Lipinski definition) is 0. The molecule has 6 heteroatoms. The first kappa shape index (κ1) is 24.1. The second-order valence-electron chi connectivity index (χ2n) is 11.1. The molecule has 4 rings (SSSR count). The summed E-state index contributed by atoms with van der Waals surface area (Å²) in [5.41, 5.74) is -1.22. The summed E-state index contributed by atoms with van der Waals surface area (Å²) in [6.07, 6.45) is 6.52. The average Bonchev–Trinajstić information content (AvgIpc) is 2.69. The van der Waals surface area contributed by atoms with Crippen LogP contribution in [0.3, 0.4) is 0 Å². The molecule has 0 amide bonds. The highest BCUT2D eigenvalue weighted by atomic mass is 16.6. The lowest BCUT2D eigenvalue weighted by atomic mass is 9.50. The molecule has 0 aromatic rings. The molecule has 4 bridgehead atoms. The Morgan fingerprint density at radius 2 is 1.58 bits per heavy atom. The summed E-state index contributed by atoms with van der Waals surface area (Å²) in [5.74, 6) is 1.22. The Hall–Kier alpha value is -1.59. The molecule has 0 N–H and O–H groups in total. The maximum atomic E-state index is 13.2. The number of carbonyl (C=O) groups is 3. The summed E-state index contributed by atoms with van der Waals surface area (Å²) in [6, 6.07) is 0. The minimum atomic E-state index is -0.852. The molecule has 0 saturated heterocycles. The van der Waals surface area contributed by atoms with Gasteiger partial charge in [-0.15, -0.1) is 0 Å². The lowest BCUT2D eigenvalue weighted by Crippen LogP contribution is -2.58. The van der Waals surface area contributed by atoms with E-state index in [0.29, 0.717) is 24.7 Å². The monoisotopic (exact) mass is 436 g/mol. The van der Waals surface area contributed by atoms with Crippen LogP contribution in [-0.2, 0) is 28.6 Å². The van der Waals surface area contributed by atoms with Crippen LogP contribution in [0.5, 0.6) is 0 Å². The van der Waals surface area contributed by atoms with Crippen molar-refractivity contribution < 1.29 is 28.6 Å². The zero-order valence-corrected chi connectivity index (χ0v) is 20.1. The maximum Gasteiger partial charge on any atom is 0.311 e. The van der Waals surface area contributed by atoms with Gasteiger partial charge in [-0.25, -0.2) is 0 Å². The van der Waals surface area contributed by atoms with E-state index in [4.69, 9.17) is 9.47 Å². The molecule has 0 aliphatic heterocycles. The zero-order valence-electron chi connectivity index (χ0n) is 20.1. The molecule has 6 nitrogen and oxygen atoms in total. The largest absolute Gasteiger partial charge is 0.469 e. The lowest BCUT2D eigenvalue weighted by Gasteiger charge is -2.59. The topological polar surface area (TPSA) is 78.9 Å². The van der Waals surface area contributed by atoms with E-state index in [9.17, 15) is 14.4 Å². The van der Waals surface area contributed by atoms with Crippen LogP contribution in [0.4, 0.5) is 0 Å². The first-order valence-electron chi connectivity index (χ1n) is 12.0.